The highest BCUT2D eigenvalue weighted by Crippen LogP contribution is 2.17. The van der Waals surface area contributed by atoms with Crippen molar-refractivity contribution < 1.29 is 13.9 Å². The van der Waals surface area contributed by atoms with Gasteiger partial charge in [-0.25, -0.2) is 13.9 Å². The van der Waals surface area contributed by atoms with Crippen molar-refractivity contribution >= 4 is 5.97 Å². The lowest BCUT2D eigenvalue weighted by Crippen LogP contribution is -2.03. The van der Waals surface area contributed by atoms with E-state index >= 15 is 0 Å². The summed E-state index contributed by atoms with van der Waals surface area (Å²) in [5.41, 5.74) is 0.397. The molecule has 1 heterocycles. The number of rotatable bonds is 3. The van der Waals surface area contributed by atoms with E-state index in [2.05, 4.69) is 5.10 Å². The zero-order chi connectivity index (χ0) is 13.8. The van der Waals surface area contributed by atoms with E-state index in [4.69, 9.17) is 10.00 Å². The molecular weight excluding hydrogens is 249 g/mol. The minimum absolute atomic E-state index is 0.124. The molecule has 2 aromatic rings. The predicted molar refractivity (Wildman–Crippen MR) is 64.2 cm³/mol. The van der Waals surface area contributed by atoms with Crippen LogP contribution in [-0.2, 0) is 4.74 Å². The number of hydrogen-bond donors (Lipinski definition) is 0. The Morgan fingerprint density at radius 1 is 1.58 bits per heavy atom. The molecule has 0 aliphatic carbocycles. The fourth-order valence-corrected chi connectivity index (χ4v) is 1.59. The molecule has 0 amide bonds. The number of carbonyl (C=O) groups is 1. The standard InChI is InChI=1S/C13H10FN3O2/c1-2-19-13(18)9-7-16-17(8-9)12-5-3-4-11(14)10(12)6-15/h3-5,7-8H,2H2,1H3. The lowest BCUT2D eigenvalue weighted by Gasteiger charge is -2.04. The number of ether oxygens (including phenoxy) is 1. The molecule has 0 bridgehead atoms. The van der Waals surface area contributed by atoms with Gasteiger partial charge in [0, 0.05) is 6.20 Å². The molecule has 1 aromatic heterocycles. The monoisotopic (exact) mass is 259 g/mol. The van der Waals surface area contributed by atoms with Crippen LogP contribution in [-0.4, -0.2) is 22.4 Å². The maximum absolute atomic E-state index is 13.5. The first kappa shape index (κ1) is 12.8. The third-order valence-electron chi connectivity index (χ3n) is 2.44. The predicted octanol–water partition coefficient (Wildman–Crippen LogP) is 2.06. The Morgan fingerprint density at radius 3 is 3.05 bits per heavy atom. The maximum atomic E-state index is 13.5. The summed E-state index contributed by atoms with van der Waals surface area (Å²) in [6.45, 7) is 1.95. The summed E-state index contributed by atoms with van der Waals surface area (Å²) < 4.78 is 19.6. The Bertz CT molecular complexity index is 658. The van der Waals surface area contributed by atoms with Crippen molar-refractivity contribution in [3.63, 3.8) is 0 Å². The van der Waals surface area contributed by atoms with Crippen LogP contribution in [0.15, 0.2) is 30.6 Å². The third kappa shape index (κ3) is 2.45. The van der Waals surface area contributed by atoms with Gasteiger partial charge in [0.1, 0.15) is 17.4 Å². The number of halogens is 1. The lowest BCUT2D eigenvalue weighted by molar-refractivity contribution is 0.0526. The van der Waals surface area contributed by atoms with Crippen LogP contribution in [0.5, 0.6) is 0 Å². The number of hydrogen-bond acceptors (Lipinski definition) is 4. The summed E-state index contributed by atoms with van der Waals surface area (Å²) in [5, 5.41) is 12.9. The third-order valence-corrected chi connectivity index (χ3v) is 2.44. The summed E-state index contributed by atoms with van der Waals surface area (Å²) in [6, 6.07) is 5.98. The summed E-state index contributed by atoms with van der Waals surface area (Å²) >= 11 is 0. The maximum Gasteiger partial charge on any atom is 0.341 e. The molecule has 0 spiro atoms. The average molecular weight is 259 g/mol. The lowest BCUT2D eigenvalue weighted by atomic mass is 10.2. The number of nitrogens with zero attached hydrogens (tertiary/aromatic N) is 3. The smallest absolute Gasteiger partial charge is 0.341 e. The van der Waals surface area contributed by atoms with Crippen LogP contribution in [0.3, 0.4) is 0 Å². The number of nitriles is 1. The zero-order valence-electron chi connectivity index (χ0n) is 10.1. The van der Waals surface area contributed by atoms with Crippen LogP contribution in [0.2, 0.25) is 0 Å². The highest BCUT2D eigenvalue weighted by molar-refractivity contribution is 5.88. The molecule has 2 rings (SSSR count). The summed E-state index contributed by atoms with van der Waals surface area (Å²) in [6.07, 6.45) is 2.71. The zero-order valence-corrected chi connectivity index (χ0v) is 10.1. The molecule has 19 heavy (non-hydrogen) atoms. The van der Waals surface area contributed by atoms with Gasteiger partial charge in [0.2, 0.25) is 0 Å². The van der Waals surface area contributed by atoms with E-state index in [1.165, 1.54) is 29.2 Å². The highest BCUT2D eigenvalue weighted by atomic mass is 19.1. The van der Waals surface area contributed by atoms with E-state index in [0.29, 0.717) is 0 Å². The van der Waals surface area contributed by atoms with E-state index in [0.717, 1.165) is 0 Å². The van der Waals surface area contributed by atoms with Gasteiger partial charge in [0.05, 0.1) is 24.1 Å². The van der Waals surface area contributed by atoms with Gasteiger partial charge in [-0.3, -0.25) is 0 Å². The van der Waals surface area contributed by atoms with Crippen LogP contribution in [0, 0.1) is 17.1 Å². The SMILES string of the molecule is CCOC(=O)c1cnn(-c2cccc(F)c2C#N)c1. The molecule has 0 unspecified atom stereocenters. The summed E-state index contributed by atoms with van der Waals surface area (Å²) in [5.74, 6) is -1.14. The second kappa shape index (κ2) is 5.31. The van der Waals surface area contributed by atoms with Crippen LogP contribution in [0.25, 0.3) is 5.69 Å². The quantitative estimate of drug-likeness (QED) is 0.791. The van der Waals surface area contributed by atoms with Gasteiger partial charge in [-0.1, -0.05) is 6.07 Å². The minimum atomic E-state index is -0.631. The van der Waals surface area contributed by atoms with Crippen LogP contribution < -0.4 is 0 Å². The Balaban J connectivity index is 2.42. The van der Waals surface area contributed by atoms with Crippen LogP contribution in [0.1, 0.15) is 22.8 Å². The van der Waals surface area contributed by atoms with Crippen LogP contribution in [0.4, 0.5) is 4.39 Å². The molecule has 0 atom stereocenters. The molecule has 6 heteroatoms. The second-order valence-corrected chi connectivity index (χ2v) is 3.64. The number of carbonyl (C=O) groups excluding carboxylic acids is 1. The summed E-state index contributed by atoms with van der Waals surface area (Å²) in [4.78, 5) is 11.5. The molecule has 5 nitrogen and oxygen atoms in total. The Labute approximate surface area is 108 Å². The van der Waals surface area contributed by atoms with E-state index in [1.54, 1.807) is 19.1 Å². The molecule has 0 aliphatic rings. The Kier molecular flexibility index (Phi) is 3.57. The van der Waals surface area contributed by atoms with Crippen molar-refractivity contribution in [1.29, 1.82) is 5.26 Å². The number of benzene rings is 1. The largest absolute Gasteiger partial charge is 0.462 e. The van der Waals surface area contributed by atoms with E-state index in [1.807, 2.05) is 0 Å². The molecule has 0 N–H and O–H groups in total. The van der Waals surface area contributed by atoms with Crippen molar-refractivity contribution in [3.05, 3.63) is 47.5 Å². The van der Waals surface area contributed by atoms with Crippen molar-refractivity contribution in [1.82, 2.24) is 9.78 Å². The number of esters is 1. The topological polar surface area (TPSA) is 67.9 Å². The van der Waals surface area contributed by atoms with E-state index in [9.17, 15) is 9.18 Å². The molecule has 0 aliphatic heterocycles. The number of aromatic nitrogens is 2. The van der Waals surface area contributed by atoms with Crippen molar-refractivity contribution in [3.8, 4) is 11.8 Å². The van der Waals surface area contributed by atoms with Gasteiger partial charge in [-0.2, -0.15) is 10.4 Å². The van der Waals surface area contributed by atoms with Gasteiger partial charge in [0.15, 0.2) is 0 Å². The molecule has 96 valence electrons. The normalized spacial score (nSPS) is 9.95. The Hall–Kier alpha value is -2.68. The van der Waals surface area contributed by atoms with Crippen LogP contribution >= 0.6 is 0 Å². The van der Waals surface area contributed by atoms with Crippen molar-refractivity contribution in [2.75, 3.05) is 6.61 Å². The minimum Gasteiger partial charge on any atom is -0.462 e. The average Bonchev–Trinajstić information content (AvgIpc) is 2.88. The fourth-order valence-electron chi connectivity index (χ4n) is 1.59. The highest BCUT2D eigenvalue weighted by Gasteiger charge is 2.14. The van der Waals surface area contributed by atoms with Crippen molar-refractivity contribution in [2.24, 2.45) is 0 Å². The molecule has 1 aromatic carbocycles. The van der Waals surface area contributed by atoms with Gasteiger partial charge in [-0.05, 0) is 19.1 Å². The van der Waals surface area contributed by atoms with E-state index < -0.39 is 11.8 Å². The van der Waals surface area contributed by atoms with Gasteiger partial charge in [-0.15, -0.1) is 0 Å². The van der Waals surface area contributed by atoms with Gasteiger partial charge < -0.3 is 4.74 Å². The molecule has 0 saturated carbocycles. The van der Waals surface area contributed by atoms with Crippen molar-refractivity contribution in [2.45, 2.75) is 6.92 Å². The molecule has 0 fully saturated rings. The first-order chi connectivity index (χ1) is 9.17. The second-order valence-electron chi connectivity index (χ2n) is 3.64. The molecular formula is C13H10FN3O2. The van der Waals surface area contributed by atoms with Gasteiger partial charge in [0.25, 0.3) is 0 Å². The molecule has 0 radical (unpaired) electrons. The Morgan fingerprint density at radius 2 is 2.37 bits per heavy atom. The van der Waals surface area contributed by atoms with E-state index in [-0.39, 0.29) is 23.4 Å². The fraction of sp³-hybridized carbons (Fsp3) is 0.154. The molecule has 0 saturated heterocycles. The first-order valence-corrected chi connectivity index (χ1v) is 5.58. The summed E-state index contributed by atoms with van der Waals surface area (Å²) in [7, 11) is 0. The van der Waals surface area contributed by atoms with Gasteiger partial charge >= 0.3 is 5.97 Å². The first-order valence-electron chi connectivity index (χ1n) is 5.58.